The van der Waals surface area contributed by atoms with Crippen LogP contribution < -0.4 is 0 Å². The average Bonchev–Trinajstić information content (AvgIpc) is 3.23. The first-order valence-electron chi connectivity index (χ1n) is 8.86. The minimum absolute atomic E-state index is 0.629. The summed E-state index contributed by atoms with van der Waals surface area (Å²) in [4.78, 5) is 21.7. The van der Waals surface area contributed by atoms with Crippen molar-refractivity contribution in [2.24, 2.45) is 0 Å². The van der Waals surface area contributed by atoms with Gasteiger partial charge in [0.05, 0.1) is 28.6 Å². The molecular formula is C21H18N6. The lowest BCUT2D eigenvalue weighted by atomic mass is 10.1. The highest BCUT2D eigenvalue weighted by Crippen LogP contribution is 2.26. The fraction of sp³-hybridized carbons (Fsp3) is 0.143. The van der Waals surface area contributed by atoms with Crippen LogP contribution in [0.3, 0.4) is 0 Å². The lowest BCUT2D eigenvalue weighted by Gasteiger charge is -2.04. The highest BCUT2D eigenvalue weighted by Gasteiger charge is 2.17. The number of aromatic nitrogens is 6. The second-order valence-corrected chi connectivity index (χ2v) is 6.81. The third kappa shape index (κ3) is 2.75. The van der Waals surface area contributed by atoms with Crippen molar-refractivity contribution in [3.05, 3.63) is 77.8 Å². The highest BCUT2D eigenvalue weighted by atomic mass is 15.0. The van der Waals surface area contributed by atoms with Crippen LogP contribution >= 0.6 is 0 Å². The van der Waals surface area contributed by atoms with E-state index in [-0.39, 0.29) is 0 Å². The van der Waals surface area contributed by atoms with Gasteiger partial charge in [-0.1, -0.05) is 6.07 Å². The van der Waals surface area contributed by atoms with Gasteiger partial charge in [-0.3, -0.25) is 9.97 Å². The maximum absolute atomic E-state index is 4.87. The van der Waals surface area contributed by atoms with Gasteiger partial charge in [-0.2, -0.15) is 0 Å². The van der Waals surface area contributed by atoms with Gasteiger partial charge < -0.3 is 9.38 Å². The van der Waals surface area contributed by atoms with E-state index in [4.69, 9.17) is 9.97 Å². The molecule has 0 saturated carbocycles. The van der Waals surface area contributed by atoms with Crippen molar-refractivity contribution in [1.29, 1.82) is 0 Å². The number of pyridine rings is 3. The number of imidazole rings is 2. The van der Waals surface area contributed by atoms with Gasteiger partial charge in [0.15, 0.2) is 0 Å². The van der Waals surface area contributed by atoms with Crippen LogP contribution in [0.1, 0.15) is 22.6 Å². The first-order chi connectivity index (χ1) is 13.2. The number of aromatic amines is 1. The second-order valence-electron chi connectivity index (χ2n) is 6.81. The maximum Gasteiger partial charge on any atom is 0.138 e. The number of hydrogen-bond acceptors (Lipinski definition) is 4. The zero-order valence-corrected chi connectivity index (χ0v) is 15.1. The van der Waals surface area contributed by atoms with E-state index >= 15 is 0 Å². The third-order valence-electron chi connectivity index (χ3n) is 4.70. The molecule has 0 aliphatic carbocycles. The average molecular weight is 354 g/mol. The smallest absolute Gasteiger partial charge is 0.138 e. The Labute approximate surface area is 156 Å². The lowest BCUT2D eigenvalue weighted by Crippen LogP contribution is -1.99. The number of nitrogens with zero attached hydrogens (tertiary/aromatic N) is 5. The SMILES string of the molecule is Cc1ccc(-c2nc3cc(C)ccn3c2Cc2nc3ccncc3[nH]2)nc1. The van der Waals surface area contributed by atoms with Crippen LogP contribution in [0.25, 0.3) is 28.1 Å². The number of aryl methyl sites for hydroxylation is 2. The maximum atomic E-state index is 4.87. The summed E-state index contributed by atoms with van der Waals surface area (Å²) in [5, 5.41) is 0. The molecule has 0 atom stereocenters. The van der Waals surface area contributed by atoms with E-state index in [9.17, 15) is 0 Å². The van der Waals surface area contributed by atoms with Crippen LogP contribution in [-0.4, -0.2) is 29.3 Å². The van der Waals surface area contributed by atoms with Gasteiger partial charge in [-0.25, -0.2) is 9.97 Å². The number of hydrogen-bond donors (Lipinski definition) is 1. The summed E-state index contributed by atoms with van der Waals surface area (Å²) in [6, 6.07) is 10.2. The van der Waals surface area contributed by atoms with E-state index in [2.05, 4.69) is 50.7 Å². The molecule has 0 saturated heterocycles. The van der Waals surface area contributed by atoms with Gasteiger partial charge in [-0.05, 0) is 49.2 Å². The Hall–Kier alpha value is -3.54. The molecular weight excluding hydrogens is 336 g/mol. The fourth-order valence-corrected chi connectivity index (χ4v) is 3.33. The summed E-state index contributed by atoms with van der Waals surface area (Å²) in [5.41, 5.74) is 7.90. The zero-order valence-electron chi connectivity index (χ0n) is 15.1. The molecule has 132 valence electrons. The predicted octanol–water partition coefficient (Wildman–Crippen LogP) is 3.88. The summed E-state index contributed by atoms with van der Waals surface area (Å²) in [7, 11) is 0. The van der Waals surface area contributed by atoms with Crippen molar-refractivity contribution in [3.63, 3.8) is 0 Å². The van der Waals surface area contributed by atoms with Crippen molar-refractivity contribution in [2.75, 3.05) is 0 Å². The molecule has 0 bridgehead atoms. The van der Waals surface area contributed by atoms with E-state index < -0.39 is 0 Å². The minimum atomic E-state index is 0.629. The molecule has 0 amide bonds. The monoisotopic (exact) mass is 354 g/mol. The Morgan fingerprint density at radius 1 is 1.00 bits per heavy atom. The lowest BCUT2D eigenvalue weighted by molar-refractivity contribution is 0.959. The molecule has 6 nitrogen and oxygen atoms in total. The molecule has 6 heteroatoms. The van der Waals surface area contributed by atoms with Crippen molar-refractivity contribution in [3.8, 4) is 11.4 Å². The summed E-state index contributed by atoms with van der Waals surface area (Å²) < 4.78 is 2.12. The van der Waals surface area contributed by atoms with Crippen LogP contribution in [0.15, 0.2) is 55.1 Å². The second kappa shape index (κ2) is 6.02. The predicted molar refractivity (Wildman–Crippen MR) is 105 cm³/mol. The number of nitrogens with one attached hydrogen (secondary N) is 1. The van der Waals surface area contributed by atoms with Gasteiger partial charge in [0.1, 0.15) is 17.2 Å². The molecule has 0 aromatic carbocycles. The summed E-state index contributed by atoms with van der Waals surface area (Å²) in [5.74, 6) is 0.883. The quantitative estimate of drug-likeness (QED) is 0.534. The summed E-state index contributed by atoms with van der Waals surface area (Å²) in [6.45, 7) is 4.11. The Morgan fingerprint density at radius 3 is 2.74 bits per heavy atom. The first kappa shape index (κ1) is 15.7. The molecule has 0 unspecified atom stereocenters. The number of H-pyrrole nitrogens is 1. The van der Waals surface area contributed by atoms with E-state index in [0.717, 1.165) is 45.2 Å². The molecule has 5 rings (SSSR count). The molecule has 0 radical (unpaired) electrons. The number of rotatable bonds is 3. The fourth-order valence-electron chi connectivity index (χ4n) is 3.33. The van der Waals surface area contributed by atoms with Crippen molar-refractivity contribution < 1.29 is 0 Å². The van der Waals surface area contributed by atoms with Crippen LogP contribution in [0.2, 0.25) is 0 Å². The Kier molecular flexibility index (Phi) is 3.50. The van der Waals surface area contributed by atoms with E-state index in [1.54, 1.807) is 12.4 Å². The molecule has 0 aliphatic heterocycles. The highest BCUT2D eigenvalue weighted by molar-refractivity contribution is 5.73. The first-order valence-corrected chi connectivity index (χ1v) is 8.86. The molecule has 0 aliphatic rings. The van der Waals surface area contributed by atoms with Gasteiger partial charge in [0.25, 0.3) is 0 Å². The van der Waals surface area contributed by atoms with Crippen LogP contribution in [0.5, 0.6) is 0 Å². The van der Waals surface area contributed by atoms with Crippen molar-refractivity contribution in [2.45, 2.75) is 20.3 Å². The topological polar surface area (TPSA) is 71.8 Å². The van der Waals surface area contributed by atoms with Gasteiger partial charge in [0.2, 0.25) is 0 Å². The van der Waals surface area contributed by atoms with Crippen LogP contribution in [0.4, 0.5) is 0 Å². The molecule has 0 fully saturated rings. The van der Waals surface area contributed by atoms with Crippen molar-refractivity contribution >= 4 is 16.7 Å². The Bertz CT molecular complexity index is 1230. The van der Waals surface area contributed by atoms with Crippen LogP contribution in [0, 0.1) is 13.8 Å². The minimum Gasteiger partial charge on any atom is -0.340 e. The Morgan fingerprint density at radius 2 is 1.93 bits per heavy atom. The number of fused-ring (bicyclic) bond motifs is 2. The zero-order chi connectivity index (χ0) is 18.4. The Balaban J connectivity index is 1.68. The molecule has 5 aromatic heterocycles. The summed E-state index contributed by atoms with van der Waals surface area (Å²) >= 11 is 0. The largest absolute Gasteiger partial charge is 0.340 e. The van der Waals surface area contributed by atoms with E-state index in [1.807, 2.05) is 25.3 Å². The van der Waals surface area contributed by atoms with Crippen molar-refractivity contribution in [1.82, 2.24) is 29.3 Å². The molecule has 5 heterocycles. The normalized spacial score (nSPS) is 11.5. The standard InChI is InChI=1S/C21H18N6/c1-13-6-8-27-18(10-19-24-15-5-7-22-12-17(15)25-19)21(26-20(27)9-13)16-4-3-14(2)11-23-16/h3-9,11-12H,10H2,1-2H3,(H,24,25). The van der Waals surface area contributed by atoms with E-state index in [1.165, 1.54) is 5.56 Å². The molecule has 5 aromatic rings. The van der Waals surface area contributed by atoms with Gasteiger partial charge >= 0.3 is 0 Å². The van der Waals surface area contributed by atoms with Gasteiger partial charge in [-0.15, -0.1) is 0 Å². The molecule has 1 N–H and O–H groups in total. The van der Waals surface area contributed by atoms with Crippen LogP contribution in [-0.2, 0) is 6.42 Å². The van der Waals surface area contributed by atoms with E-state index in [0.29, 0.717) is 6.42 Å². The molecule has 27 heavy (non-hydrogen) atoms. The molecule has 0 spiro atoms. The third-order valence-corrected chi connectivity index (χ3v) is 4.70. The van der Waals surface area contributed by atoms with Gasteiger partial charge in [0, 0.05) is 25.0 Å². The summed E-state index contributed by atoms with van der Waals surface area (Å²) in [6.07, 6.45) is 8.12.